The number of likely N-dealkylation sites (tertiary alicyclic amines) is 1. The SMILES string of the molecule is CCNC1CCCN(CCNC(N)=O)C1=O. The highest BCUT2D eigenvalue weighted by molar-refractivity contribution is 5.82. The molecule has 1 saturated heterocycles. The molecule has 1 aliphatic rings. The van der Waals surface area contributed by atoms with Gasteiger partial charge < -0.3 is 21.3 Å². The zero-order valence-electron chi connectivity index (χ0n) is 9.66. The Labute approximate surface area is 95.5 Å². The van der Waals surface area contributed by atoms with E-state index < -0.39 is 6.03 Å². The molecule has 1 rings (SSSR count). The van der Waals surface area contributed by atoms with Crippen LogP contribution in [0.4, 0.5) is 4.79 Å². The number of urea groups is 1. The van der Waals surface area contributed by atoms with Crippen LogP contribution in [0, 0.1) is 0 Å². The lowest BCUT2D eigenvalue weighted by molar-refractivity contribution is -0.135. The molecule has 0 bridgehead atoms. The molecule has 0 aromatic carbocycles. The number of primary amides is 1. The van der Waals surface area contributed by atoms with Crippen molar-refractivity contribution in [3.63, 3.8) is 0 Å². The molecule has 1 unspecified atom stereocenters. The van der Waals surface area contributed by atoms with E-state index in [1.165, 1.54) is 0 Å². The van der Waals surface area contributed by atoms with Crippen molar-refractivity contribution in [3.05, 3.63) is 0 Å². The highest BCUT2D eigenvalue weighted by atomic mass is 16.2. The Morgan fingerprint density at radius 2 is 2.38 bits per heavy atom. The fourth-order valence-electron chi connectivity index (χ4n) is 1.91. The van der Waals surface area contributed by atoms with Crippen LogP contribution in [0.5, 0.6) is 0 Å². The number of hydrogen-bond donors (Lipinski definition) is 3. The first-order valence-electron chi connectivity index (χ1n) is 5.70. The Bertz CT molecular complexity index is 255. The van der Waals surface area contributed by atoms with E-state index in [9.17, 15) is 9.59 Å². The number of rotatable bonds is 5. The molecule has 6 nitrogen and oxygen atoms in total. The molecule has 1 aliphatic heterocycles. The molecule has 4 N–H and O–H groups in total. The molecule has 0 aromatic rings. The third-order valence-corrected chi connectivity index (χ3v) is 2.66. The third-order valence-electron chi connectivity index (χ3n) is 2.66. The van der Waals surface area contributed by atoms with E-state index in [-0.39, 0.29) is 11.9 Å². The molecule has 1 atom stereocenters. The summed E-state index contributed by atoms with van der Waals surface area (Å²) in [5.41, 5.74) is 4.95. The van der Waals surface area contributed by atoms with Gasteiger partial charge in [0.25, 0.3) is 0 Å². The van der Waals surface area contributed by atoms with E-state index in [0.717, 1.165) is 25.9 Å². The Balaban J connectivity index is 2.35. The number of hydrogen-bond acceptors (Lipinski definition) is 3. The summed E-state index contributed by atoms with van der Waals surface area (Å²) < 4.78 is 0. The summed E-state index contributed by atoms with van der Waals surface area (Å²) in [6.45, 7) is 4.50. The third kappa shape index (κ3) is 3.69. The van der Waals surface area contributed by atoms with Crippen molar-refractivity contribution in [2.24, 2.45) is 5.73 Å². The van der Waals surface area contributed by atoms with Gasteiger partial charge in [0.05, 0.1) is 6.04 Å². The van der Waals surface area contributed by atoms with Gasteiger partial charge in [-0.2, -0.15) is 0 Å². The van der Waals surface area contributed by atoms with Crippen LogP contribution in [0.3, 0.4) is 0 Å². The first-order valence-corrected chi connectivity index (χ1v) is 5.70. The van der Waals surface area contributed by atoms with Gasteiger partial charge in [0.2, 0.25) is 5.91 Å². The quantitative estimate of drug-likeness (QED) is 0.579. The summed E-state index contributed by atoms with van der Waals surface area (Å²) in [7, 11) is 0. The van der Waals surface area contributed by atoms with E-state index in [1.807, 2.05) is 6.92 Å². The second-order valence-corrected chi connectivity index (χ2v) is 3.87. The molecule has 1 heterocycles. The lowest BCUT2D eigenvalue weighted by Gasteiger charge is -2.32. The maximum atomic E-state index is 11.9. The first-order chi connectivity index (χ1) is 7.65. The molecule has 0 spiro atoms. The topological polar surface area (TPSA) is 87.5 Å². The number of nitrogens with one attached hydrogen (secondary N) is 2. The highest BCUT2D eigenvalue weighted by Gasteiger charge is 2.27. The molecule has 0 aromatic heterocycles. The molecule has 92 valence electrons. The van der Waals surface area contributed by atoms with Gasteiger partial charge in [0.1, 0.15) is 0 Å². The van der Waals surface area contributed by atoms with Crippen molar-refractivity contribution in [2.75, 3.05) is 26.2 Å². The van der Waals surface area contributed by atoms with Crippen LogP contribution in [-0.2, 0) is 4.79 Å². The van der Waals surface area contributed by atoms with E-state index in [1.54, 1.807) is 4.90 Å². The lowest BCUT2D eigenvalue weighted by atomic mass is 10.0. The van der Waals surface area contributed by atoms with Gasteiger partial charge in [0.15, 0.2) is 0 Å². The fraction of sp³-hybridized carbons (Fsp3) is 0.800. The van der Waals surface area contributed by atoms with Gasteiger partial charge in [-0.15, -0.1) is 0 Å². The van der Waals surface area contributed by atoms with E-state index in [4.69, 9.17) is 5.73 Å². The molecule has 16 heavy (non-hydrogen) atoms. The zero-order valence-corrected chi connectivity index (χ0v) is 9.66. The minimum Gasteiger partial charge on any atom is -0.352 e. The smallest absolute Gasteiger partial charge is 0.312 e. The molecule has 0 radical (unpaired) electrons. The van der Waals surface area contributed by atoms with E-state index in [2.05, 4.69) is 10.6 Å². The largest absolute Gasteiger partial charge is 0.352 e. The van der Waals surface area contributed by atoms with Gasteiger partial charge >= 0.3 is 6.03 Å². The van der Waals surface area contributed by atoms with E-state index in [0.29, 0.717) is 13.1 Å². The van der Waals surface area contributed by atoms with Crippen molar-refractivity contribution >= 4 is 11.9 Å². The van der Waals surface area contributed by atoms with Crippen molar-refractivity contribution < 1.29 is 9.59 Å². The summed E-state index contributed by atoms with van der Waals surface area (Å²) in [6.07, 6.45) is 1.90. The minimum absolute atomic E-state index is 0.0627. The van der Waals surface area contributed by atoms with Gasteiger partial charge in [-0.25, -0.2) is 4.79 Å². The Hall–Kier alpha value is -1.30. The van der Waals surface area contributed by atoms with Crippen molar-refractivity contribution in [1.82, 2.24) is 15.5 Å². The Morgan fingerprint density at radius 3 is 3.00 bits per heavy atom. The predicted octanol–water partition coefficient (Wildman–Crippen LogP) is -0.745. The highest BCUT2D eigenvalue weighted by Crippen LogP contribution is 2.10. The molecule has 3 amide bonds. The van der Waals surface area contributed by atoms with Gasteiger partial charge in [0, 0.05) is 19.6 Å². The number of nitrogens with zero attached hydrogens (tertiary/aromatic N) is 1. The minimum atomic E-state index is -0.548. The summed E-state index contributed by atoms with van der Waals surface area (Å²) in [5, 5.41) is 5.64. The average molecular weight is 228 g/mol. The van der Waals surface area contributed by atoms with Crippen LogP contribution in [0.15, 0.2) is 0 Å². The fourth-order valence-corrected chi connectivity index (χ4v) is 1.91. The Morgan fingerprint density at radius 1 is 1.62 bits per heavy atom. The summed E-state index contributed by atoms with van der Waals surface area (Å²) in [4.78, 5) is 24.2. The number of piperidine rings is 1. The monoisotopic (exact) mass is 228 g/mol. The van der Waals surface area contributed by atoms with Crippen LogP contribution in [0.25, 0.3) is 0 Å². The number of amides is 3. The van der Waals surface area contributed by atoms with Gasteiger partial charge in [-0.1, -0.05) is 6.92 Å². The van der Waals surface area contributed by atoms with E-state index >= 15 is 0 Å². The van der Waals surface area contributed by atoms with Crippen LogP contribution in [0.2, 0.25) is 0 Å². The molecule has 0 aliphatic carbocycles. The average Bonchev–Trinajstić information content (AvgIpc) is 2.23. The van der Waals surface area contributed by atoms with Crippen LogP contribution >= 0.6 is 0 Å². The predicted molar refractivity (Wildman–Crippen MR) is 60.9 cm³/mol. The number of carbonyl (C=O) groups excluding carboxylic acids is 2. The molecular weight excluding hydrogens is 208 g/mol. The summed E-state index contributed by atoms with van der Waals surface area (Å²) in [5.74, 6) is 0.124. The maximum absolute atomic E-state index is 11.9. The van der Waals surface area contributed by atoms with Crippen LogP contribution in [-0.4, -0.2) is 49.1 Å². The standard InChI is InChI=1S/C10H20N4O2/c1-2-12-8-4-3-6-14(9(8)15)7-5-13-10(11)16/h8,12H,2-7H2,1H3,(H3,11,13,16). The van der Waals surface area contributed by atoms with Crippen molar-refractivity contribution in [2.45, 2.75) is 25.8 Å². The number of nitrogens with two attached hydrogens (primary N) is 1. The molecular formula is C10H20N4O2. The molecule has 6 heteroatoms. The maximum Gasteiger partial charge on any atom is 0.312 e. The normalized spacial score (nSPS) is 20.9. The van der Waals surface area contributed by atoms with Crippen LogP contribution < -0.4 is 16.4 Å². The molecule has 1 fully saturated rings. The van der Waals surface area contributed by atoms with Gasteiger partial charge in [-0.3, -0.25) is 4.79 Å². The lowest BCUT2D eigenvalue weighted by Crippen LogP contribution is -2.52. The Kier molecular flexibility index (Phi) is 5.04. The van der Waals surface area contributed by atoms with Crippen molar-refractivity contribution in [3.8, 4) is 0 Å². The second-order valence-electron chi connectivity index (χ2n) is 3.87. The van der Waals surface area contributed by atoms with Gasteiger partial charge in [-0.05, 0) is 19.4 Å². The van der Waals surface area contributed by atoms with Crippen molar-refractivity contribution in [1.29, 1.82) is 0 Å². The zero-order chi connectivity index (χ0) is 12.0. The molecule has 0 saturated carbocycles. The second kappa shape index (κ2) is 6.32. The summed E-state index contributed by atoms with van der Waals surface area (Å²) >= 11 is 0. The number of carbonyl (C=O) groups is 2. The first kappa shape index (κ1) is 12.8. The van der Waals surface area contributed by atoms with Crippen LogP contribution in [0.1, 0.15) is 19.8 Å². The summed E-state index contributed by atoms with van der Waals surface area (Å²) in [6, 6.07) is -0.611. The number of likely N-dealkylation sites (N-methyl/N-ethyl adjacent to an activating group) is 1.